The van der Waals surface area contributed by atoms with Crippen molar-refractivity contribution >= 4 is 22.2 Å². The Labute approximate surface area is 80.5 Å². The van der Waals surface area contributed by atoms with Gasteiger partial charge in [0, 0.05) is 5.25 Å². The Morgan fingerprint density at radius 1 is 1.46 bits per heavy atom. The largest absolute Gasteiger partial charge is 0.604 e. The van der Waals surface area contributed by atoms with Crippen LogP contribution >= 0.6 is 22.2 Å². The predicted octanol–water partition coefficient (Wildman–Crippen LogP) is 3.20. The average Bonchev–Trinajstić information content (AvgIpc) is 2.31. The Bertz CT molecular complexity index is 282. The zero-order chi connectivity index (χ0) is 10.1. The van der Waals surface area contributed by atoms with Gasteiger partial charge in [0.2, 0.25) is 0 Å². The van der Waals surface area contributed by atoms with Gasteiger partial charge in [-0.15, -0.1) is 13.2 Å². The summed E-state index contributed by atoms with van der Waals surface area (Å²) in [5, 5.41) is 6.86. The van der Waals surface area contributed by atoms with Gasteiger partial charge < -0.3 is 0 Å². The van der Waals surface area contributed by atoms with Crippen LogP contribution in [-0.4, -0.2) is 15.4 Å². The molecule has 0 N–H and O–H groups in total. The van der Waals surface area contributed by atoms with Crippen molar-refractivity contribution in [1.82, 2.24) is 10.2 Å². The maximum Gasteiger partial charge on any atom is 0.604 e. The summed E-state index contributed by atoms with van der Waals surface area (Å²) in [7, 11) is -1.88. The van der Waals surface area contributed by atoms with Crippen LogP contribution in [0.15, 0.2) is 9.85 Å². The molecule has 0 spiro atoms. The highest BCUT2D eigenvalue weighted by Gasteiger charge is 2.47. The van der Waals surface area contributed by atoms with Crippen LogP contribution in [0.2, 0.25) is 0 Å². The molecular formula is C6H8F3N2S2+. The first kappa shape index (κ1) is 10.8. The van der Waals surface area contributed by atoms with Gasteiger partial charge in [-0.3, -0.25) is 0 Å². The molecule has 7 heteroatoms. The average molecular weight is 229 g/mol. The number of alkyl halides is 3. The van der Waals surface area contributed by atoms with Crippen molar-refractivity contribution in [3.05, 3.63) is 5.51 Å². The molecule has 0 fully saturated rings. The van der Waals surface area contributed by atoms with E-state index in [4.69, 9.17) is 0 Å². The van der Waals surface area contributed by atoms with Crippen LogP contribution in [-0.2, 0) is 5.51 Å². The van der Waals surface area contributed by atoms with Crippen LogP contribution in [0.3, 0.4) is 0 Å². The third-order valence-electron chi connectivity index (χ3n) is 1.07. The minimum absolute atomic E-state index is 0.0718. The Morgan fingerprint density at radius 3 is 2.54 bits per heavy atom. The summed E-state index contributed by atoms with van der Waals surface area (Å²) < 4.78 is 36.9. The molecule has 0 aromatic carbocycles. The van der Waals surface area contributed by atoms with E-state index < -0.39 is 16.0 Å². The fourth-order valence-electron chi connectivity index (χ4n) is 0.643. The number of nitrogens with zero attached hydrogens (tertiary/aromatic N) is 2. The normalized spacial score (nSPS) is 13.8. The number of thioether (sulfide) groups is 1. The first-order valence-electron chi connectivity index (χ1n) is 3.49. The zero-order valence-corrected chi connectivity index (χ0v) is 8.63. The van der Waals surface area contributed by atoms with E-state index in [2.05, 4.69) is 10.2 Å². The van der Waals surface area contributed by atoms with E-state index >= 15 is 0 Å². The van der Waals surface area contributed by atoms with E-state index in [1.807, 2.05) is 13.8 Å². The number of hydrogen-bond donors (Lipinski definition) is 0. The summed E-state index contributed by atoms with van der Waals surface area (Å²) in [6, 6.07) is 0. The van der Waals surface area contributed by atoms with Crippen molar-refractivity contribution in [2.45, 2.75) is 28.9 Å². The Kier molecular flexibility index (Phi) is 3.18. The molecule has 0 aliphatic rings. The van der Waals surface area contributed by atoms with Crippen LogP contribution < -0.4 is 0 Å². The second-order valence-electron chi connectivity index (χ2n) is 2.54. The van der Waals surface area contributed by atoms with Crippen molar-refractivity contribution in [1.29, 1.82) is 0 Å². The Hall–Kier alpha value is -0.300. The minimum atomic E-state index is -4.24. The molecule has 74 valence electrons. The summed E-state index contributed by atoms with van der Waals surface area (Å²) in [5.41, 5.74) is -3.37. The second-order valence-corrected chi connectivity index (χ2v) is 6.10. The van der Waals surface area contributed by atoms with Crippen molar-refractivity contribution in [3.8, 4) is 0 Å². The molecule has 0 saturated heterocycles. The quantitative estimate of drug-likeness (QED) is 0.575. The SMILES string of the molecule is CC(C)Sc1nnc[s+]1C(F)(F)F. The van der Waals surface area contributed by atoms with E-state index in [9.17, 15) is 13.2 Å². The molecule has 1 atom stereocenters. The molecular weight excluding hydrogens is 221 g/mol. The van der Waals surface area contributed by atoms with Gasteiger partial charge in [-0.25, -0.2) is 0 Å². The lowest BCUT2D eigenvalue weighted by Gasteiger charge is -1.98. The highest BCUT2D eigenvalue weighted by atomic mass is 32.2. The molecule has 0 bridgehead atoms. The Balaban J connectivity index is 2.90. The summed E-state index contributed by atoms with van der Waals surface area (Å²) >= 11 is 1.11. The number of rotatable bonds is 2. The maximum atomic E-state index is 12.3. The number of halogens is 3. The van der Waals surface area contributed by atoms with Gasteiger partial charge in [0.15, 0.2) is 0 Å². The van der Waals surface area contributed by atoms with Crippen molar-refractivity contribution in [2.24, 2.45) is 0 Å². The van der Waals surface area contributed by atoms with Gasteiger partial charge in [0.1, 0.15) is 10.5 Å². The third-order valence-corrected chi connectivity index (χ3v) is 3.91. The molecule has 0 aliphatic heterocycles. The van der Waals surface area contributed by atoms with Crippen LogP contribution in [0.25, 0.3) is 0 Å². The molecule has 1 unspecified atom stereocenters. The van der Waals surface area contributed by atoms with Crippen molar-refractivity contribution < 1.29 is 13.2 Å². The fourth-order valence-corrected chi connectivity index (χ4v) is 3.23. The van der Waals surface area contributed by atoms with Crippen LogP contribution in [0.1, 0.15) is 13.8 Å². The molecule has 1 aromatic heterocycles. The predicted molar refractivity (Wildman–Crippen MR) is 46.8 cm³/mol. The zero-order valence-electron chi connectivity index (χ0n) is 7.00. The standard InChI is InChI=1S/C6H8F3N2S2/c1-4(2)12-5-11-10-3-13(5)6(7,8)9/h3-4H,1-2H3/q+1. The first-order chi connectivity index (χ1) is 5.91. The highest BCUT2D eigenvalue weighted by Crippen LogP contribution is 2.47. The Morgan fingerprint density at radius 2 is 2.08 bits per heavy atom. The second kappa shape index (κ2) is 3.83. The van der Waals surface area contributed by atoms with E-state index in [-0.39, 0.29) is 9.59 Å². The number of aromatic nitrogens is 2. The van der Waals surface area contributed by atoms with Gasteiger partial charge in [0.05, 0.1) is 0 Å². The molecule has 2 nitrogen and oxygen atoms in total. The van der Waals surface area contributed by atoms with E-state index in [0.717, 1.165) is 17.3 Å². The topological polar surface area (TPSA) is 25.8 Å². The summed E-state index contributed by atoms with van der Waals surface area (Å²) in [6.45, 7) is 3.65. The van der Waals surface area contributed by atoms with Crippen molar-refractivity contribution in [3.63, 3.8) is 0 Å². The van der Waals surface area contributed by atoms with Gasteiger partial charge in [-0.05, 0) is 11.8 Å². The summed E-state index contributed by atoms with van der Waals surface area (Å²) in [5.74, 6) is 0. The molecule has 0 aliphatic carbocycles. The van der Waals surface area contributed by atoms with Crippen LogP contribution in [0.5, 0.6) is 0 Å². The van der Waals surface area contributed by atoms with E-state index in [1.165, 1.54) is 0 Å². The highest BCUT2D eigenvalue weighted by molar-refractivity contribution is 8.02. The summed E-state index contributed by atoms with van der Waals surface area (Å²) in [4.78, 5) is 0. The maximum absolute atomic E-state index is 12.3. The lowest BCUT2D eigenvalue weighted by Crippen LogP contribution is -1.97. The lowest BCUT2D eigenvalue weighted by atomic mass is 10.6. The molecule has 1 aromatic rings. The van der Waals surface area contributed by atoms with Crippen molar-refractivity contribution in [2.75, 3.05) is 0 Å². The lowest BCUT2D eigenvalue weighted by molar-refractivity contribution is -0.0875. The van der Waals surface area contributed by atoms with Gasteiger partial charge in [-0.2, -0.15) is 0 Å². The minimum Gasteiger partial charge on any atom is -0.118 e. The van der Waals surface area contributed by atoms with Gasteiger partial charge in [-0.1, -0.05) is 24.0 Å². The summed E-state index contributed by atoms with van der Waals surface area (Å²) in [6.07, 6.45) is 0. The molecule has 0 radical (unpaired) electrons. The van der Waals surface area contributed by atoms with E-state index in [0.29, 0.717) is 0 Å². The molecule has 0 saturated carbocycles. The molecule has 1 rings (SSSR count). The number of hydrogen-bond acceptors (Lipinski definition) is 3. The fraction of sp³-hybridized carbons (Fsp3) is 0.667. The van der Waals surface area contributed by atoms with Gasteiger partial charge in [0.25, 0.3) is 5.51 Å². The monoisotopic (exact) mass is 229 g/mol. The van der Waals surface area contributed by atoms with Crippen LogP contribution in [0.4, 0.5) is 13.2 Å². The molecule has 13 heavy (non-hydrogen) atoms. The molecule has 1 heterocycles. The first-order valence-corrected chi connectivity index (χ1v) is 5.65. The van der Waals surface area contributed by atoms with Gasteiger partial charge >= 0.3 is 9.85 Å². The molecule has 0 amide bonds. The third kappa shape index (κ3) is 2.84. The smallest absolute Gasteiger partial charge is 0.118 e. The van der Waals surface area contributed by atoms with Crippen LogP contribution in [0, 0.1) is 0 Å². The van der Waals surface area contributed by atoms with E-state index in [1.54, 1.807) is 0 Å².